The van der Waals surface area contributed by atoms with Crippen molar-refractivity contribution in [1.29, 1.82) is 0 Å². The van der Waals surface area contributed by atoms with E-state index in [1.165, 1.54) is 6.07 Å². The molecule has 0 radical (unpaired) electrons. The predicted octanol–water partition coefficient (Wildman–Crippen LogP) is 0.514. The first kappa shape index (κ1) is 17.8. The van der Waals surface area contributed by atoms with Crippen LogP contribution in [0.2, 0.25) is 0 Å². The summed E-state index contributed by atoms with van der Waals surface area (Å²) >= 11 is 0. The van der Waals surface area contributed by atoms with Crippen LogP contribution in [0.25, 0.3) is 0 Å². The Morgan fingerprint density at radius 3 is 2.68 bits per heavy atom. The summed E-state index contributed by atoms with van der Waals surface area (Å²) in [5, 5.41) is 2.77. The molecule has 1 aromatic carbocycles. The van der Waals surface area contributed by atoms with Gasteiger partial charge in [-0.25, -0.2) is 8.78 Å². The van der Waals surface area contributed by atoms with Gasteiger partial charge in [0.1, 0.15) is 0 Å². The lowest BCUT2D eigenvalue weighted by molar-refractivity contribution is -0.141. The maximum atomic E-state index is 13.4. The molecule has 0 bridgehead atoms. The van der Waals surface area contributed by atoms with E-state index in [4.69, 9.17) is 4.74 Å². The van der Waals surface area contributed by atoms with Crippen molar-refractivity contribution in [3.8, 4) is 0 Å². The summed E-state index contributed by atoms with van der Waals surface area (Å²) in [5.74, 6) is -2.13. The Kier molecular flexibility index (Phi) is 5.60. The van der Waals surface area contributed by atoms with Gasteiger partial charge in [-0.3, -0.25) is 14.5 Å². The minimum Gasteiger partial charge on any atom is -0.378 e. The number of nitrogens with one attached hydrogen (secondary N) is 1. The van der Waals surface area contributed by atoms with E-state index in [2.05, 4.69) is 5.32 Å². The molecule has 0 saturated carbocycles. The molecule has 2 amide bonds. The van der Waals surface area contributed by atoms with Gasteiger partial charge >= 0.3 is 0 Å². The van der Waals surface area contributed by atoms with Crippen LogP contribution in [0.3, 0.4) is 0 Å². The number of amides is 2. The topological polar surface area (TPSA) is 61.9 Å². The quantitative estimate of drug-likeness (QED) is 0.857. The number of hydrogen-bond donors (Lipinski definition) is 1. The summed E-state index contributed by atoms with van der Waals surface area (Å²) in [4.78, 5) is 28.2. The van der Waals surface area contributed by atoms with Gasteiger partial charge in [-0.1, -0.05) is 6.07 Å². The average Bonchev–Trinajstić information content (AvgIpc) is 2.62. The van der Waals surface area contributed by atoms with Gasteiger partial charge in [-0.05, 0) is 17.7 Å². The van der Waals surface area contributed by atoms with Crippen molar-refractivity contribution in [2.45, 2.75) is 19.0 Å². The zero-order valence-corrected chi connectivity index (χ0v) is 13.8. The SMILES string of the molecule is O=C1NCCN(Cc2ccc(F)c(F)c2)C1CC(=O)N1CCOCC1. The van der Waals surface area contributed by atoms with Crippen molar-refractivity contribution in [3.05, 3.63) is 35.4 Å². The monoisotopic (exact) mass is 353 g/mol. The van der Waals surface area contributed by atoms with Gasteiger partial charge in [0.25, 0.3) is 0 Å². The molecule has 25 heavy (non-hydrogen) atoms. The first-order valence-electron chi connectivity index (χ1n) is 8.36. The number of carbonyl (C=O) groups excluding carboxylic acids is 2. The van der Waals surface area contributed by atoms with E-state index in [0.717, 1.165) is 12.1 Å². The number of piperazine rings is 1. The highest BCUT2D eigenvalue weighted by Crippen LogP contribution is 2.17. The molecule has 1 atom stereocenters. The van der Waals surface area contributed by atoms with Crippen LogP contribution in [0.4, 0.5) is 8.78 Å². The lowest BCUT2D eigenvalue weighted by Crippen LogP contribution is -2.56. The van der Waals surface area contributed by atoms with E-state index in [1.807, 2.05) is 4.90 Å². The van der Waals surface area contributed by atoms with Gasteiger partial charge in [-0.2, -0.15) is 0 Å². The van der Waals surface area contributed by atoms with Crippen LogP contribution < -0.4 is 5.32 Å². The Morgan fingerprint density at radius 2 is 1.96 bits per heavy atom. The van der Waals surface area contributed by atoms with Crippen molar-refractivity contribution in [1.82, 2.24) is 15.1 Å². The number of nitrogens with zero attached hydrogens (tertiary/aromatic N) is 2. The summed E-state index contributed by atoms with van der Waals surface area (Å²) in [5.41, 5.74) is 0.567. The van der Waals surface area contributed by atoms with Crippen molar-refractivity contribution >= 4 is 11.8 Å². The largest absolute Gasteiger partial charge is 0.378 e. The second-order valence-corrected chi connectivity index (χ2v) is 6.22. The fraction of sp³-hybridized carbons (Fsp3) is 0.529. The Hall–Kier alpha value is -2.06. The van der Waals surface area contributed by atoms with Crippen LogP contribution in [-0.2, 0) is 20.9 Å². The third kappa shape index (κ3) is 4.32. The molecule has 6 nitrogen and oxygen atoms in total. The number of halogens is 2. The molecule has 0 aliphatic carbocycles. The summed E-state index contributed by atoms with van der Waals surface area (Å²) in [6, 6.07) is 3.08. The third-order valence-corrected chi connectivity index (χ3v) is 4.54. The predicted molar refractivity (Wildman–Crippen MR) is 85.6 cm³/mol. The van der Waals surface area contributed by atoms with Crippen molar-refractivity contribution in [3.63, 3.8) is 0 Å². The van der Waals surface area contributed by atoms with E-state index >= 15 is 0 Å². The number of hydrogen-bond acceptors (Lipinski definition) is 4. The molecule has 2 aliphatic rings. The summed E-state index contributed by atoms with van der Waals surface area (Å²) < 4.78 is 31.7. The fourth-order valence-electron chi connectivity index (χ4n) is 3.15. The molecule has 0 aromatic heterocycles. The highest BCUT2D eigenvalue weighted by Gasteiger charge is 2.33. The summed E-state index contributed by atoms with van der Waals surface area (Å²) in [6.07, 6.45) is 0.0650. The Morgan fingerprint density at radius 1 is 1.20 bits per heavy atom. The Labute approximate surface area is 144 Å². The number of rotatable bonds is 4. The van der Waals surface area contributed by atoms with E-state index in [0.29, 0.717) is 45.0 Å². The fourth-order valence-corrected chi connectivity index (χ4v) is 3.15. The van der Waals surface area contributed by atoms with Gasteiger partial charge in [0.15, 0.2) is 11.6 Å². The van der Waals surface area contributed by atoms with Gasteiger partial charge < -0.3 is 15.0 Å². The van der Waals surface area contributed by atoms with E-state index < -0.39 is 17.7 Å². The van der Waals surface area contributed by atoms with Gasteiger partial charge in [0, 0.05) is 32.7 Å². The molecular formula is C17H21F2N3O3. The van der Waals surface area contributed by atoms with Crippen molar-refractivity contribution < 1.29 is 23.1 Å². The highest BCUT2D eigenvalue weighted by molar-refractivity contribution is 5.88. The minimum absolute atomic E-state index is 0.0650. The normalized spacial score (nSPS) is 21.9. The Bertz CT molecular complexity index is 650. The van der Waals surface area contributed by atoms with Crippen LogP contribution in [-0.4, -0.2) is 67.0 Å². The number of ether oxygens (including phenoxy) is 1. The van der Waals surface area contributed by atoms with E-state index in [1.54, 1.807) is 4.90 Å². The first-order valence-corrected chi connectivity index (χ1v) is 8.36. The minimum atomic E-state index is -0.917. The molecule has 3 rings (SSSR count). The van der Waals surface area contributed by atoms with Gasteiger partial charge in [-0.15, -0.1) is 0 Å². The second-order valence-electron chi connectivity index (χ2n) is 6.22. The van der Waals surface area contributed by atoms with Crippen LogP contribution in [0, 0.1) is 11.6 Å². The zero-order valence-electron chi connectivity index (χ0n) is 13.8. The molecule has 0 spiro atoms. The van der Waals surface area contributed by atoms with Crippen LogP contribution in [0.15, 0.2) is 18.2 Å². The molecule has 2 fully saturated rings. The van der Waals surface area contributed by atoms with E-state index in [9.17, 15) is 18.4 Å². The smallest absolute Gasteiger partial charge is 0.237 e. The Balaban J connectivity index is 1.68. The highest BCUT2D eigenvalue weighted by atomic mass is 19.2. The molecule has 8 heteroatoms. The molecular weight excluding hydrogens is 332 g/mol. The molecule has 2 aliphatic heterocycles. The second kappa shape index (κ2) is 7.88. The van der Waals surface area contributed by atoms with Crippen molar-refractivity contribution in [2.75, 3.05) is 39.4 Å². The average molecular weight is 353 g/mol. The number of benzene rings is 1. The van der Waals surface area contributed by atoms with Crippen LogP contribution in [0.1, 0.15) is 12.0 Å². The van der Waals surface area contributed by atoms with Crippen LogP contribution >= 0.6 is 0 Å². The maximum absolute atomic E-state index is 13.4. The maximum Gasteiger partial charge on any atom is 0.237 e. The lowest BCUT2D eigenvalue weighted by Gasteiger charge is -2.36. The van der Waals surface area contributed by atoms with E-state index in [-0.39, 0.29) is 24.8 Å². The summed E-state index contributed by atoms with van der Waals surface area (Å²) in [6.45, 7) is 3.34. The standard InChI is InChI=1S/C17H21F2N3O3/c18-13-2-1-12(9-14(13)19)11-22-4-3-20-17(24)15(22)10-16(23)21-5-7-25-8-6-21/h1-2,9,15H,3-8,10-11H2,(H,20,24). The number of carbonyl (C=O) groups is 2. The molecule has 136 valence electrons. The zero-order chi connectivity index (χ0) is 17.8. The van der Waals surface area contributed by atoms with Crippen molar-refractivity contribution in [2.24, 2.45) is 0 Å². The van der Waals surface area contributed by atoms with Crippen LogP contribution in [0.5, 0.6) is 0 Å². The third-order valence-electron chi connectivity index (χ3n) is 4.54. The van der Waals surface area contributed by atoms with Gasteiger partial charge in [0.2, 0.25) is 11.8 Å². The lowest BCUT2D eigenvalue weighted by atomic mass is 10.1. The molecule has 1 aromatic rings. The first-order chi connectivity index (χ1) is 12.0. The van der Waals surface area contributed by atoms with Gasteiger partial charge in [0.05, 0.1) is 25.7 Å². The molecule has 2 saturated heterocycles. The molecule has 1 unspecified atom stereocenters. The summed E-state index contributed by atoms with van der Waals surface area (Å²) in [7, 11) is 0. The molecule has 2 heterocycles. The number of morpholine rings is 1. The molecule has 1 N–H and O–H groups in total.